The van der Waals surface area contributed by atoms with Crippen LogP contribution >= 0.6 is 0 Å². The molecule has 6 nitrogen and oxygen atoms in total. The SMILES string of the molecule is O=C(O)c1cc(-c2ccc([N+](=O)[O-])cc2)nc2ccccc12. The van der Waals surface area contributed by atoms with E-state index >= 15 is 0 Å². The molecular formula is C16H10N2O4. The molecule has 3 aromatic rings. The third-order valence-electron chi connectivity index (χ3n) is 3.32. The first-order valence-corrected chi connectivity index (χ1v) is 6.44. The van der Waals surface area contributed by atoms with Crippen LogP contribution in [0, 0.1) is 10.1 Å². The molecule has 0 saturated carbocycles. The number of non-ortho nitro benzene ring substituents is 1. The number of carboxylic acid groups (broad SMARTS) is 1. The van der Waals surface area contributed by atoms with Crippen LogP contribution < -0.4 is 0 Å². The van der Waals surface area contributed by atoms with Crippen molar-refractivity contribution in [3.05, 3.63) is 70.3 Å². The standard InChI is InChI=1S/C16H10N2O4/c19-16(20)13-9-15(17-14-4-2-1-3-12(13)14)10-5-7-11(8-6-10)18(21)22/h1-9H,(H,19,20). The van der Waals surface area contributed by atoms with Crippen molar-refractivity contribution >= 4 is 22.6 Å². The van der Waals surface area contributed by atoms with E-state index in [4.69, 9.17) is 0 Å². The number of hydrogen-bond donors (Lipinski definition) is 1. The molecular weight excluding hydrogens is 284 g/mol. The van der Waals surface area contributed by atoms with Gasteiger partial charge in [0.05, 0.1) is 21.7 Å². The zero-order chi connectivity index (χ0) is 15.7. The largest absolute Gasteiger partial charge is 0.478 e. The van der Waals surface area contributed by atoms with Crippen LogP contribution in [0.1, 0.15) is 10.4 Å². The quantitative estimate of drug-likeness (QED) is 0.589. The summed E-state index contributed by atoms with van der Waals surface area (Å²) in [5.74, 6) is -1.04. The molecule has 0 radical (unpaired) electrons. The Kier molecular flexibility index (Phi) is 3.27. The van der Waals surface area contributed by atoms with E-state index in [1.165, 1.54) is 18.2 Å². The van der Waals surface area contributed by atoms with Crippen LogP contribution in [0.15, 0.2) is 54.6 Å². The van der Waals surface area contributed by atoms with Crippen LogP contribution in [-0.2, 0) is 0 Å². The second-order valence-electron chi connectivity index (χ2n) is 4.68. The Morgan fingerprint density at radius 3 is 2.41 bits per heavy atom. The summed E-state index contributed by atoms with van der Waals surface area (Å²) in [5.41, 5.74) is 1.78. The molecule has 0 aliphatic carbocycles. The molecule has 0 aliphatic heterocycles. The monoisotopic (exact) mass is 294 g/mol. The Bertz CT molecular complexity index is 888. The van der Waals surface area contributed by atoms with Gasteiger partial charge in [0.15, 0.2) is 0 Å². The predicted octanol–water partition coefficient (Wildman–Crippen LogP) is 3.51. The lowest BCUT2D eigenvalue weighted by Crippen LogP contribution is -2.00. The van der Waals surface area contributed by atoms with E-state index in [1.807, 2.05) is 0 Å². The van der Waals surface area contributed by atoms with Crippen LogP contribution in [-0.4, -0.2) is 21.0 Å². The van der Waals surface area contributed by atoms with Gasteiger partial charge in [-0.05, 0) is 24.3 Å². The molecule has 0 unspecified atom stereocenters. The first-order valence-electron chi connectivity index (χ1n) is 6.44. The van der Waals surface area contributed by atoms with Crippen molar-refractivity contribution in [1.82, 2.24) is 4.98 Å². The minimum absolute atomic E-state index is 0.0250. The summed E-state index contributed by atoms with van der Waals surface area (Å²) in [6, 6.07) is 14.3. The summed E-state index contributed by atoms with van der Waals surface area (Å²) in [7, 11) is 0. The Morgan fingerprint density at radius 1 is 1.09 bits per heavy atom. The molecule has 22 heavy (non-hydrogen) atoms. The maximum atomic E-state index is 11.4. The van der Waals surface area contributed by atoms with Crippen molar-refractivity contribution in [3.63, 3.8) is 0 Å². The normalized spacial score (nSPS) is 10.5. The number of carboxylic acids is 1. The number of benzene rings is 2. The number of nitro benzene ring substituents is 1. The van der Waals surface area contributed by atoms with Gasteiger partial charge in [0, 0.05) is 23.1 Å². The summed E-state index contributed by atoms with van der Waals surface area (Å²) < 4.78 is 0. The van der Waals surface area contributed by atoms with Gasteiger partial charge in [-0.1, -0.05) is 18.2 Å². The number of hydrogen-bond acceptors (Lipinski definition) is 4. The van der Waals surface area contributed by atoms with Gasteiger partial charge in [0.1, 0.15) is 0 Å². The maximum absolute atomic E-state index is 11.4. The lowest BCUT2D eigenvalue weighted by Gasteiger charge is -2.07. The average molecular weight is 294 g/mol. The second-order valence-corrected chi connectivity index (χ2v) is 4.68. The van der Waals surface area contributed by atoms with E-state index in [9.17, 15) is 20.0 Å². The van der Waals surface area contributed by atoms with Gasteiger partial charge >= 0.3 is 5.97 Å². The Balaban J connectivity index is 2.18. The molecule has 2 aromatic carbocycles. The number of para-hydroxylation sites is 1. The van der Waals surface area contributed by atoms with Gasteiger partial charge in [-0.25, -0.2) is 9.78 Å². The molecule has 0 fully saturated rings. The zero-order valence-corrected chi connectivity index (χ0v) is 11.3. The number of pyridine rings is 1. The fourth-order valence-corrected chi connectivity index (χ4v) is 2.25. The van der Waals surface area contributed by atoms with E-state index in [0.717, 1.165) is 0 Å². The van der Waals surface area contributed by atoms with Crippen molar-refractivity contribution in [2.45, 2.75) is 0 Å². The fourth-order valence-electron chi connectivity index (χ4n) is 2.25. The van der Waals surface area contributed by atoms with E-state index in [2.05, 4.69) is 4.98 Å². The van der Waals surface area contributed by atoms with Gasteiger partial charge in [-0.3, -0.25) is 10.1 Å². The van der Waals surface area contributed by atoms with Crippen molar-refractivity contribution in [3.8, 4) is 11.3 Å². The highest BCUT2D eigenvalue weighted by atomic mass is 16.6. The smallest absolute Gasteiger partial charge is 0.336 e. The van der Waals surface area contributed by atoms with Crippen LogP contribution in [0.5, 0.6) is 0 Å². The topological polar surface area (TPSA) is 93.3 Å². The van der Waals surface area contributed by atoms with Crippen molar-refractivity contribution in [2.75, 3.05) is 0 Å². The van der Waals surface area contributed by atoms with Gasteiger partial charge in [-0.15, -0.1) is 0 Å². The Labute approximate surface area is 124 Å². The number of nitro groups is 1. The van der Waals surface area contributed by atoms with Gasteiger partial charge in [-0.2, -0.15) is 0 Å². The first-order chi connectivity index (χ1) is 10.6. The average Bonchev–Trinajstić information content (AvgIpc) is 2.53. The minimum Gasteiger partial charge on any atom is -0.478 e. The van der Waals surface area contributed by atoms with Gasteiger partial charge in [0.25, 0.3) is 5.69 Å². The van der Waals surface area contributed by atoms with Crippen LogP contribution in [0.4, 0.5) is 5.69 Å². The van der Waals surface area contributed by atoms with E-state index in [0.29, 0.717) is 22.2 Å². The molecule has 0 amide bonds. The number of nitrogens with zero attached hydrogens (tertiary/aromatic N) is 2. The van der Waals surface area contributed by atoms with Crippen LogP contribution in [0.25, 0.3) is 22.2 Å². The number of aromatic nitrogens is 1. The first kappa shape index (κ1) is 13.7. The minimum atomic E-state index is -1.04. The van der Waals surface area contributed by atoms with Crippen molar-refractivity contribution in [2.24, 2.45) is 0 Å². The number of carbonyl (C=O) groups is 1. The summed E-state index contributed by atoms with van der Waals surface area (Å²) >= 11 is 0. The molecule has 1 aromatic heterocycles. The molecule has 0 bridgehead atoms. The lowest BCUT2D eigenvalue weighted by molar-refractivity contribution is -0.384. The van der Waals surface area contributed by atoms with E-state index in [1.54, 1.807) is 36.4 Å². The molecule has 6 heteroatoms. The lowest BCUT2D eigenvalue weighted by atomic mass is 10.0. The Hall–Kier alpha value is -3.28. The highest BCUT2D eigenvalue weighted by molar-refractivity contribution is 6.03. The molecule has 0 saturated heterocycles. The summed E-state index contributed by atoms with van der Waals surface area (Å²) in [6.07, 6.45) is 0. The summed E-state index contributed by atoms with van der Waals surface area (Å²) in [6.45, 7) is 0. The highest BCUT2D eigenvalue weighted by Gasteiger charge is 2.13. The number of fused-ring (bicyclic) bond motifs is 1. The Morgan fingerprint density at radius 2 is 1.77 bits per heavy atom. The molecule has 108 valence electrons. The van der Waals surface area contributed by atoms with E-state index < -0.39 is 10.9 Å². The third kappa shape index (κ3) is 2.37. The second kappa shape index (κ2) is 5.25. The third-order valence-corrected chi connectivity index (χ3v) is 3.32. The molecule has 3 rings (SSSR count). The maximum Gasteiger partial charge on any atom is 0.336 e. The summed E-state index contributed by atoms with van der Waals surface area (Å²) in [4.78, 5) is 26.0. The molecule has 0 spiro atoms. The predicted molar refractivity (Wildman–Crippen MR) is 80.8 cm³/mol. The van der Waals surface area contributed by atoms with Crippen molar-refractivity contribution in [1.29, 1.82) is 0 Å². The molecule has 0 aliphatic rings. The van der Waals surface area contributed by atoms with Crippen LogP contribution in [0.2, 0.25) is 0 Å². The van der Waals surface area contributed by atoms with E-state index in [-0.39, 0.29) is 11.3 Å². The number of aromatic carboxylic acids is 1. The fraction of sp³-hybridized carbons (Fsp3) is 0. The number of rotatable bonds is 3. The summed E-state index contributed by atoms with van der Waals surface area (Å²) in [5, 5.41) is 20.6. The van der Waals surface area contributed by atoms with Crippen LogP contribution in [0.3, 0.4) is 0 Å². The van der Waals surface area contributed by atoms with Crippen molar-refractivity contribution < 1.29 is 14.8 Å². The molecule has 1 heterocycles. The van der Waals surface area contributed by atoms with Gasteiger partial charge < -0.3 is 5.11 Å². The highest BCUT2D eigenvalue weighted by Crippen LogP contribution is 2.26. The zero-order valence-electron chi connectivity index (χ0n) is 11.3. The molecule has 0 atom stereocenters. The van der Waals surface area contributed by atoms with Gasteiger partial charge in [0.2, 0.25) is 0 Å². The molecule has 1 N–H and O–H groups in total.